The first-order chi connectivity index (χ1) is 12.1. The maximum absolute atomic E-state index is 11.9. The molecule has 1 aromatic heterocycles. The third-order valence-electron chi connectivity index (χ3n) is 3.37. The van der Waals surface area contributed by atoms with E-state index in [0.717, 1.165) is 12.8 Å². The lowest BCUT2D eigenvalue weighted by Gasteiger charge is -2.20. The molecule has 0 radical (unpaired) electrons. The van der Waals surface area contributed by atoms with E-state index in [1.807, 2.05) is 4.90 Å². The molecule has 0 aliphatic heterocycles. The van der Waals surface area contributed by atoms with Crippen LogP contribution in [0, 0.1) is 0 Å². The van der Waals surface area contributed by atoms with Crippen molar-refractivity contribution in [2.45, 2.75) is 37.8 Å². The molecule has 7 heteroatoms. The molecule has 0 saturated carbocycles. The van der Waals surface area contributed by atoms with E-state index < -0.39 is 0 Å². The highest BCUT2D eigenvalue weighted by molar-refractivity contribution is 7.99. The molecule has 0 fully saturated rings. The van der Waals surface area contributed by atoms with Crippen molar-refractivity contribution in [2.75, 3.05) is 30.3 Å². The Kier molecular flexibility index (Phi) is 11.0. The van der Waals surface area contributed by atoms with E-state index in [1.54, 1.807) is 18.2 Å². The number of hydrogen-bond acceptors (Lipinski definition) is 5. The van der Waals surface area contributed by atoms with E-state index in [9.17, 15) is 4.79 Å². The van der Waals surface area contributed by atoms with Gasteiger partial charge < -0.3 is 10.2 Å². The van der Waals surface area contributed by atoms with Crippen molar-refractivity contribution in [1.29, 1.82) is 0 Å². The lowest BCUT2D eigenvalue weighted by Crippen LogP contribution is -2.26. The minimum Gasteiger partial charge on any atom is -0.355 e. The molecule has 0 unspecified atom stereocenters. The van der Waals surface area contributed by atoms with Crippen LogP contribution < -0.4 is 10.2 Å². The molecule has 5 nitrogen and oxygen atoms in total. The second-order valence-electron chi connectivity index (χ2n) is 5.51. The number of unbranched alkanes of at least 4 members (excludes halogenated alkanes) is 3. The number of nitrogens with zero attached hydrogens (tertiary/aromatic N) is 3. The molecular formula is C18H27ClN4OS. The van der Waals surface area contributed by atoms with Crippen LogP contribution in [0.4, 0.5) is 5.82 Å². The molecule has 1 N–H and O–H groups in total. The summed E-state index contributed by atoms with van der Waals surface area (Å²) in [6.07, 6.45) is 8.13. The van der Waals surface area contributed by atoms with Crippen LogP contribution in [0.15, 0.2) is 36.5 Å². The van der Waals surface area contributed by atoms with Gasteiger partial charge in [0, 0.05) is 25.7 Å². The molecule has 1 heterocycles. The number of halogens is 1. The van der Waals surface area contributed by atoms with Gasteiger partial charge in [0.05, 0.1) is 5.75 Å². The van der Waals surface area contributed by atoms with Gasteiger partial charge in [-0.25, -0.2) is 9.97 Å². The van der Waals surface area contributed by atoms with Gasteiger partial charge in [0.25, 0.3) is 0 Å². The van der Waals surface area contributed by atoms with Gasteiger partial charge in [-0.2, -0.15) is 0 Å². The van der Waals surface area contributed by atoms with Crippen LogP contribution in [0.25, 0.3) is 0 Å². The van der Waals surface area contributed by atoms with Crippen LogP contribution >= 0.6 is 23.4 Å². The molecule has 0 saturated heterocycles. The third kappa shape index (κ3) is 8.93. The van der Waals surface area contributed by atoms with Crippen molar-refractivity contribution in [2.24, 2.45) is 0 Å². The summed E-state index contributed by atoms with van der Waals surface area (Å²) in [6.45, 7) is 11.6. The van der Waals surface area contributed by atoms with Crippen LogP contribution in [0.3, 0.4) is 0 Å². The zero-order valence-corrected chi connectivity index (χ0v) is 16.4. The molecule has 0 aliphatic rings. The Labute approximate surface area is 159 Å². The lowest BCUT2D eigenvalue weighted by molar-refractivity contribution is -0.118. The number of aromatic nitrogens is 2. The highest BCUT2D eigenvalue weighted by Gasteiger charge is 2.11. The van der Waals surface area contributed by atoms with Gasteiger partial charge in [-0.05, 0) is 6.42 Å². The Morgan fingerprint density at radius 2 is 2.00 bits per heavy atom. The molecule has 0 atom stereocenters. The molecule has 1 rings (SSSR count). The highest BCUT2D eigenvalue weighted by atomic mass is 35.5. The Morgan fingerprint density at radius 3 is 2.64 bits per heavy atom. The summed E-state index contributed by atoms with van der Waals surface area (Å²) >= 11 is 7.38. The SMILES string of the molecule is C=CCN(CC=C)c1cc(Cl)nc(SCC(=O)NCCCCCC)n1. The summed E-state index contributed by atoms with van der Waals surface area (Å²) < 4.78 is 0. The van der Waals surface area contributed by atoms with Crippen molar-refractivity contribution in [3.05, 3.63) is 36.5 Å². The molecule has 25 heavy (non-hydrogen) atoms. The lowest BCUT2D eigenvalue weighted by atomic mass is 10.2. The Bertz CT molecular complexity index is 558. The fourth-order valence-corrected chi connectivity index (χ4v) is 3.06. The molecule has 0 aromatic carbocycles. The zero-order valence-electron chi connectivity index (χ0n) is 14.8. The van der Waals surface area contributed by atoms with Gasteiger partial charge in [-0.3, -0.25) is 4.79 Å². The van der Waals surface area contributed by atoms with Gasteiger partial charge in [-0.15, -0.1) is 13.2 Å². The van der Waals surface area contributed by atoms with Gasteiger partial charge in [0.1, 0.15) is 11.0 Å². The average molecular weight is 383 g/mol. The summed E-state index contributed by atoms with van der Waals surface area (Å²) in [5, 5.41) is 3.76. The molecule has 0 aliphatic carbocycles. The molecular weight excluding hydrogens is 356 g/mol. The number of carbonyl (C=O) groups excluding carboxylic acids is 1. The summed E-state index contributed by atoms with van der Waals surface area (Å²) in [7, 11) is 0. The van der Waals surface area contributed by atoms with Gasteiger partial charge in [0.15, 0.2) is 5.16 Å². The number of hydrogen-bond donors (Lipinski definition) is 1. The van der Waals surface area contributed by atoms with E-state index in [-0.39, 0.29) is 11.7 Å². The van der Waals surface area contributed by atoms with E-state index in [2.05, 4.69) is 35.4 Å². The Hall–Kier alpha value is -1.53. The zero-order chi connectivity index (χ0) is 18.5. The number of carbonyl (C=O) groups is 1. The maximum atomic E-state index is 11.9. The van der Waals surface area contributed by atoms with Crippen LogP contribution in [-0.2, 0) is 4.79 Å². The quantitative estimate of drug-likeness (QED) is 0.183. The molecule has 0 bridgehead atoms. The van der Waals surface area contributed by atoms with Gasteiger partial charge >= 0.3 is 0 Å². The Morgan fingerprint density at radius 1 is 1.28 bits per heavy atom. The fraction of sp³-hybridized carbons (Fsp3) is 0.500. The summed E-state index contributed by atoms with van der Waals surface area (Å²) in [6, 6.07) is 1.70. The Balaban J connectivity index is 2.56. The average Bonchev–Trinajstić information content (AvgIpc) is 2.59. The van der Waals surface area contributed by atoms with Gasteiger partial charge in [0.2, 0.25) is 5.91 Å². The van der Waals surface area contributed by atoms with Crippen molar-refractivity contribution >= 4 is 35.1 Å². The van der Waals surface area contributed by atoms with Crippen molar-refractivity contribution in [1.82, 2.24) is 15.3 Å². The normalized spacial score (nSPS) is 10.3. The van der Waals surface area contributed by atoms with E-state index >= 15 is 0 Å². The molecule has 1 amide bonds. The number of rotatable bonds is 13. The first kappa shape index (κ1) is 21.5. The van der Waals surface area contributed by atoms with Crippen LogP contribution in [0.5, 0.6) is 0 Å². The second-order valence-corrected chi connectivity index (χ2v) is 6.84. The van der Waals surface area contributed by atoms with E-state index in [1.165, 1.54) is 24.6 Å². The number of anilines is 1. The minimum absolute atomic E-state index is 0.0133. The maximum Gasteiger partial charge on any atom is 0.230 e. The minimum atomic E-state index is -0.0133. The standard InChI is InChI=1S/C18H27ClN4OS/c1-4-7-8-9-10-20-17(24)14-25-18-21-15(19)13-16(22-18)23(11-5-2)12-6-3/h5-6,13H,2-4,7-12,14H2,1H3,(H,20,24). The first-order valence-electron chi connectivity index (χ1n) is 8.51. The predicted octanol–water partition coefficient (Wildman–Crippen LogP) is 4.10. The third-order valence-corrected chi connectivity index (χ3v) is 4.41. The van der Waals surface area contributed by atoms with Crippen molar-refractivity contribution < 1.29 is 4.79 Å². The van der Waals surface area contributed by atoms with Crippen molar-refractivity contribution in [3.8, 4) is 0 Å². The van der Waals surface area contributed by atoms with E-state index in [4.69, 9.17) is 11.6 Å². The van der Waals surface area contributed by atoms with Crippen molar-refractivity contribution in [3.63, 3.8) is 0 Å². The highest BCUT2D eigenvalue weighted by Crippen LogP contribution is 2.21. The predicted molar refractivity (Wildman–Crippen MR) is 108 cm³/mol. The number of amides is 1. The van der Waals surface area contributed by atoms with Crippen LogP contribution in [0.1, 0.15) is 32.6 Å². The largest absolute Gasteiger partial charge is 0.355 e. The molecule has 1 aromatic rings. The monoisotopic (exact) mass is 382 g/mol. The van der Waals surface area contributed by atoms with Crippen LogP contribution in [0.2, 0.25) is 5.15 Å². The smallest absolute Gasteiger partial charge is 0.230 e. The topological polar surface area (TPSA) is 58.1 Å². The molecule has 0 spiro atoms. The fourth-order valence-electron chi connectivity index (χ4n) is 2.15. The second kappa shape index (κ2) is 12.8. The summed E-state index contributed by atoms with van der Waals surface area (Å²) in [5.74, 6) is 0.958. The van der Waals surface area contributed by atoms with E-state index in [0.29, 0.717) is 35.8 Å². The van der Waals surface area contributed by atoms with Gasteiger partial charge in [-0.1, -0.05) is 61.7 Å². The number of nitrogens with one attached hydrogen (secondary N) is 1. The number of thioether (sulfide) groups is 1. The molecule has 138 valence electrons. The summed E-state index contributed by atoms with van der Waals surface area (Å²) in [5.41, 5.74) is 0. The van der Waals surface area contributed by atoms with Crippen LogP contribution in [-0.4, -0.2) is 41.3 Å². The first-order valence-corrected chi connectivity index (χ1v) is 9.87. The summed E-state index contributed by atoms with van der Waals surface area (Å²) in [4.78, 5) is 22.5.